The molecule has 0 heterocycles. The third kappa shape index (κ3) is 7.51. The minimum absolute atomic E-state index is 0.556. The van der Waals surface area contributed by atoms with E-state index in [4.69, 9.17) is 0 Å². The molecule has 2 heteroatoms. The number of hydrogen-bond donors (Lipinski definition) is 2. The van der Waals surface area contributed by atoms with Crippen LogP contribution in [-0.2, 0) is 0 Å². The van der Waals surface area contributed by atoms with Gasteiger partial charge in [0.15, 0.2) is 0 Å². The van der Waals surface area contributed by atoms with Crippen LogP contribution < -0.4 is 10.6 Å². The molecule has 70 valence electrons. The monoisotopic (exact) mass is 168 g/mol. The Labute approximate surface area is 75.7 Å². The van der Waals surface area contributed by atoms with Gasteiger partial charge in [-0.3, -0.25) is 0 Å². The zero-order valence-corrected chi connectivity index (χ0v) is 7.97. The summed E-state index contributed by atoms with van der Waals surface area (Å²) >= 11 is 0. The van der Waals surface area contributed by atoms with Gasteiger partial charge in [0.1, 0.15) is 0 Å². The average Bonchev–Trinajstić information content (AvgIpc) is 2.09. The van der Waals surface area contributed by atoms with Crippen molar-refractivity contribution < 1.29 is 0 Å². The highest BCUT2D eigenvalue weighted by Gasteiger charge is 1.97. The Bertz CT molecular complexity index is 121. The van der Waals surface area contributed by atoms with Gasteiger partial charge in [-0.1, -0.05) is 12.2 Å². The largest absolute Gasteiger partial charge is 0.313 e. The van der Waals surface area contributed by atoms with E-state index >= 15 is 0 Å². The first-order valence-corrected chi connectivity index (χ1v) is 4.47. The highest BCUT2D eigenvalue weighted by atomic mass is 14.9. The highest BCUT2D eigenvalue weighted by Crippen LogP contribution is 1.87. The number of hydrogen-bond acceptors (Lipinski definition) is 2. The molecule has 12 heavy (non-hydrogen) atoms. The minimum atomic E-state index is 0.556. The predicted molar refractivity (Wildman–Crippen MR) is 55.3 cm³/mol. The molecular weight excluding hydrogens is 148 g/mol. The molecule has 0 saturated heterocycles. The zero-order chi connectivity index (χ0) is 9.23. The van der Waals surface area contributed by atoms with Crippen molar-refractivity contribution in [3.63, 3.8) is 0 Å². The molecule has 0 aromatic heterocycles. The van der Waals surface area contributed by atoms with Crippen molar-refractivity contribution in [3.05, 3.63) is 25.3 Å². The van der Waals surface area contributed by atoms with Crippen molar-refractivity contribution in [2.45, 2.75) is 19.4 Å². The smallest absolute Gasteiger partial charge is 0.0134 e. The van der Waals surface area contributed by atoms with Crippen molar-refractivity contribution in [2.75, 3.05) is 19.6 Å². The second kappa shape index (κ2) is 8.50. The standard InChI is InChI=1S/C10H20N2/c1-4-7-11-9-6-10(3)12-8-5-2/h4-5,10-12H,1-2,6-9H2,3H3. The van der Waals surface area contributed by atoms with E-state index in [2.05, 4.69) is 30.7 Å². The van der Waals surface area contributed by atoms with Crippen molar-refractivity contribution in [1.29, 1.82) is 0 Å². The van der Waals surface area contributed by atoms with Crippen LogP contribution in [0.4, 0.5) is 0 Å². The van der Waals surface area contributed by atoms with E-state index in [1.165, 1.54) is 0 Å². The van der Waals surface area contributed by atoms with E-state index in [9.17, 15) is 0 Å². The molecule has 0 saturated carbocycles. The summed E-state index contributed by atoms with van der Waals surface area (Å²) in [6.45, 7) is 12.3. The Morgan fingerprint density at radius 3 is 2.50 bits per heavy atom. The molecule has 0 spiro atoms. The summed E-state index contributed by atoms with van der Waals surface area (Å²) in [4.78, 5) is 0. The third-order valence-electron chi connectivity index (χ3n) is 1.65. The zero-order valence-electron chi connectivity index (χ0n) is 7.97. The van der Waals surface area contributed by atoms with Gasteiger partial charge in [-0.05, 0) is 19.9 Å². The maximum atomic E-state index is 3.65. The normalized spacial score (nSPS) is 12.4. The maximum Gasteiger partial charge on any atom is 0.0134 e. The van der Waals surface area contributed by atoms with Crippen LogP contribution in [0.25, 0.3) is 0 Å². The molecule has 1 atom stereocenters. The lowest BCUT2D eigenvalue weighted by molar-refractivity contribution is 0.523. The quantitative estimate of drug-likeness (QED) is 0.422. The van der Waals surface area contributed by atoms with Gasteiger partial charge < -0.3 is 10.6 Å². The molecule has 0 rings (SSSR count). The van der Waals surface area contributed by atoms with E-state index in [-0.39, 0.29) is 0 Å². The Morgan fingerprint density at radius 2 is 1.92 bits per heavy atom. The summed E-state index contributed by atoms with van der Waals surface area (Å²) in [6.07, 6.45) is 4.90. The van der Waals surface area contributed by atoms with E-state index in [0.29, 0.717) is 6.04 Å². The summed E-state index contributed by atoms with van der Waals surface area (Å²) in [5.41, 5.74) is 0. The lowest BCUT2D eigenvalue weighted by Crippen LogP contribution is -2.30. The highest BCUT2D eigenvalue weighted by molar-refractivity contribution is 4.74. The first-order valence-electron chi connectivity index (χ1n) is 4.47. The molecule has 0 aromatic rings. The van der Waals surface area contributed by atoms with Gasteiger partial charge in [-0.15, -0.1) is 13.2 Å². The summed E-state index contributed by atoms with van der Waals surface area (Å²) < 4.78 is 0. The van der Waals surface area contributed by atoms with Gasteiger partial charge in [0.2, 0.25) is 0 Å². The van der Waals surface area contributed by atoms with Gasteiger partial charge in [0.25, 0.3) is 0 Å². The van der Waals surface area contributed by atoms with Crippen LogP contribution in [0.2, 0.25) is 0 Å². The van der Waals surface area contributed by atoms with Gasteiger partial charge in [-0.25, -0.2) is 0 Å². The molecule has 0 bridgehead atoms. The minimum Gasteiger partial charge on any atom is -0.313 e. The molecule has 0 aromatic carbocycles. The van der Waals surface area contributed by atoms with Crippen LogP contribution in [0, 0.1) is 0 Å². The molecule has 0 aliphatic rings. The fourth-order valence-corrected chi connectivity index (χ4v) is 0.909. The topological polar surface area (TPSA) is 24.1 Å². The van der Waals surface area contributed by atoms with E-state index in [1.807, 2.05) is 12.2 Å². The van der Waals surface area contributed by atoms with E-state index in [0.717, 1.165) is 26.1 Å². The van der Waals surface area contributed by atoms with Crippen LogP contribution >= 0.6 is 0 Å². The molecule has 0 aliphatic carbocycles. The molecule has 2 N–H and O–H groups in total. The molecule has 1 unspecified atom stereocenters. The Kier molecular flexibility index (Phi) is 8.07. The molecule has 0 fully saturated rings. The summed E-state index contributed by atoms with van der Waals surface area (Å²) in [6, 6.07) is 0.556. The van der Waals surface area contributed by atoms with Crippen molar-refractivity contribution in [2.24, 2.45) is 0 Å². The molecular formula is C10H20N2. The molecule has 0 aliphatic heterocycles. The fraction of sp³-hybridized carbons (Fsp3) is 0.600. The van der Waals surface area contributed by atoms with Crippen molar-refractivity contribution >= 4 is 0 Å². The van der Waals surface area contributed by atoms with Crippen LogP contribution in [-0.4, -0.2) is 25.7 Å². The predicted octanol–water partition coefficient (Wildman–Crippen LogP) is 1.32. The summed E-state index contributed by atoms with van der Waals surface area (Å²) in [7, 11) is 0. The number of nitrogens with one attached hydrogen (secondary N) is 2. The van der Waals surface area contributed by atoms with Gasteiger partial charge >= 0.3 is 0 Å². The Hall–Kier alpha value is -0.600. The van der Waals surface area contributed by atoms with Gasteiger partial charge in [0, 0.05) is 19.1 Å². The SMILES string of the molecule is C=CCNCCC(C)NCC=C. The molecule has 2 nitrogen and oxygen atoms in total. The van der Waals surface area contributed by atoms with Crippen LogP contribution in [0.1, 0.15) is 13.3 Å². The average molecular weight is 168 g/mol. The Balaban J connectivity index is 3.12. The summed E-state index contributed by atoms with van der Waals surface area (Å²) in [5, 5.41) is 6.58. The second-order valence-electron chi connectivity index (χ2n) is 2.88. The first-order chi connectivity index (χ1) is 5.81. The lowest BCUT2D eigenvalue weighted by Gasteiger charge is -2.11. The van der Waals surface area contributed by atoms with Crippen molar-refractivity contribution in [3.8, 4) is 0 Å². The third-order valence-corrected chi connectivity index (χ3v) is 1.65. The van der Waals surface area contributed by atoms with Crippen LogP contribution in [0.5, 0.6) is 0 Å². The van der Waals surface area contributed by atoms with Gasteiger partial charge in [0.05, 0.1) is 0 Å². The van der Waals surface area contributed by atoms with Crippen LogP contribution in [0.15, 0.2) is 25.3 Å². The van der Waals surface area contributed by atoms with E-state index < -0.39 is 0 Å². The molecule has 0 radical (unpaired) electrons. The van der Waals surface area contributed by atoms with E-state index in [1.54, 1.807) is 0 Å². The maximum absolute atomic E-state index is 3.65. The fourth-order valence-electron chi connectivity index (χ4n) is 0.909. The van der Waals surface area contributed by atoms with Gasteiger partial charge in [-0.2, -0.15) is 0 Å². The van der Waals surface area contributed by atoms with Crippen molar-refractivity contribution in [1.82, 2.24) is 10.6 Å². The second-order valence-corrected chi connectivity index (χ2v) is 2.88. The number of rotatable bonds is 8. The Morgan fingerprint density at radius 1 is 1.25 bits per heavy atom. The first kappa shape index (κ1) is 11.4. The lowest BCUT2D eigenvalue weighted by atomic mass is 10.2. The summed E-state index contributed by atoms with van der Waals surface area (Å²) in [5.74, 6) is 0. The van der Waals surface area contributed by atoms with Crippen LogP contribution in [0.3, 0.4) is 0 Å². The molecule has 0 amide bonds.